The second kappa shape index (κ2) is 5.48. The number of aromatic amines is 1. The largest absolute Gasteiger partial charge is 0.250 e. The summed E-state index contributed by atoms with van der Waals surface area (Å²) >= 11 is 5.17. The zero-order chi connectivity index (χ0) is 14.0. The molecule has 0 amide bonds. The van der Waals surface area contributed by atoms with Gasteiger partial charge in [0.15, 0.2) is 5.82 Å². The highest BCUT2D eigenvalue weighted by molar-refractivity contribution is 7.71. The molecule has 19 heavy (non-hydrogen) atoms. The summed E-state index contributed by atoms with van der Waals surface area (Å²) in [6.45, 7) is 8.31. The number of rotatable bonds is 3. The number of aromatic nitrogens is 3. The minimum absolute atomic E-state index is 0.524. The van der Waals surface area contributed by atoms with Crippen LogP contribution in [0.4, 0.5) is 0 Å². The third-order valence-corrected chi connectivity index (χ3v) is 3.34. The molecule has 2 aromatic rings. The van der Waals surface area contributed by atoms with Crippen LogP contribution >= 0.6 is 12.2 Å². The van der Waals surface area contributed by atoms with E-state index >= 15 is 0 Å². The van der Waals surface area contributed by atoms with E-state index in [9.17, 15) is 0 Å². The van der Waals surface area contributed by atoms with E-state index in [1.165, 1.54) is 16.7 Å². The highest BCUT2D eigenvalue weighted by Crippen LogP contribution is 2.14. The molecule has 1 heterocycles. The quantitative estimate of drug-likeness (QED) is 0.689. The molecule has 0 fully saturated rings. The van der Waals surface area contributed by atoms with Gasteiger partial charge in [0.1, 0.15) is 0 Å². The van der Waals surface area contributed by atoms with Gasteiger partial charge in [-0.25, -0.2) is 0 Å². The lowest BCUT2D eigenvalue weighted by molar-refractivity contribution is 0.780. The van der Waals surface area contributed by atoms with Gasteiger partial charge in [-0.3, -0.25) is 5.10 Å². The predicted molar refractivity (Wildman–Crippen MR) is 80.4 cm³/mol. The van der Waals surface area contributed by atoms with Gasteiger partial charge in [-0.1, -0.05) is 24.6 Å². The lowest BCUT2D eigenvalue weighted by atomic mass is 10.0. The van der Waals surface area contributed by atoms with Crippen LogP contribution in [-0.4, -0.2) is 21.1 Å². The highest BCUT2D eigenvalue weighted by Gasteiger charge is 2.04. The molecule has 100 valence electrons. The molecule has 5 heteroatoms. The van der Waals surface area contributed by atoms with E-state index in [0.29, 0.717) is 4.77 Å². The third-order valence-electron chi connectivity index (χ3n) is 3.07. The molecule has 0 spiro atoms. The van der Waals surface area contributed by atoms with Gasteiger partial charge in [-0.15, -0.1) is 0 Å². The zero-order valence-electron chi connectivity index (χ0n) is 11.7. The van der Waals surface area contributed by atoms with Crippen LogP contribution in [0.25, 0.3) is 0 Å². The van der Waals surface area contributed by atoms with Crippen LogP contribution in [0.5, 0.6) is 0 Å². The average molecular weight is 274 g/mol. The second-order valence-electron chi connectivity index (χ2n) is 4.67. The van der Waals surface area contributed by atoms with Crippen molar-refractivity contribution >= 4 is 18.4 Å². The van der Waals surface area contributed by atoms with Gasteiger partial charge >= 0.3 is 0 Å². The van der Waals surface area contributed by atoms with Crippen molar-refractivity contribution in [3.8, 4) is 0 Å². The fraction of sp³-hybridized carbons (Fsp3) is 0.357. The first kappa shape index (κ1) is 13.7. The lowest BCUT2D eigenvalue weighted by Gasteiger charge is -2.06. The number of aryl methyl sites for hydroxylation is 4. The SMILES string of the molecule is CCc1n[nH]c(=S)n1/N=C/c1c(C)cc(C)cc1C. The summed E-state index contributed by atoms with van der Waals surface area (Å²) in [6.07, 6.45) is 2.64. The maximum atomic E-state index is 5.17. The van der Waals surface area contributed by atoms with E-state index in [1.807, 2.05) is 13.1 Å². The van der Waals surface area contributed by atoms with Gasteiger partial charge in [0.25, 0.3) is 0 Å². The molecule has 1 N–H and O–H groups in total. The van der Waals surface area contributed by atoms with Crippen LogP contribution in [0.1, 0.15) is 35.0 Å². The molecule has 1 aromatic heterocycles. The fourth-order valence-corrected chi connectivity index (χ4v) is 2.38. The molecule has 0 unspecified atom stereocenters. The van der Waals surface area contributed by atoms with Crippen LogP contribution in [0.3, 0.4) is 0 Å². The molecule has 0 aliphatic rings. The van der Waals surface area contributed by atoms with Crippen molar-refractivity contribution in [1.29, 1.82) is 0 Å². The summed E-state index contributed by atoms with van der Waals surface area (Å²) in [5.41, 5.74) is 4.83. The molecule has 0 bridgehead atoms. The maximum absolute atomic E-state index is 5.17. The Bertz CT molecular complexity index is 656. The summed E-state index contributed by atoms with van der Waals surface area (Å²) in [4.78, 5) is 0. The van der Waals surface area contributed by atoms with Crippen molar-refractivity contribution in [2.45, 2.75) is 34.1 Å². The summed E-state index contributed by atoms with van der Waals surface area (Å²) in [6, 6.07) is 4.31. The Morgan fingerprint density at radius 1 is 1.32 bits per heavy atom. The molecule has 0 radical (unpaired) electrons. The van der Waals surface area contributed by atoms with Crippen LogP contribution < -0.4 is 0 Å². The lowest BCUT2D eigenvalue weighted by Crippen LogP contribution is -1.99. The molecule has 2 rings (SSSR count). The normalized spacial score (nSPS) is 11.4. The molecule has 0 saturated heterocycles. The molecule has 1 aromatic carbocycles. The minimum Gasteiger partial charge on any atom is -0.250 e. The summed E-state index contributed by atoms with van der Waals surface area (Å²) in [5, 5.41) is 11.4. The predicted octanol–water partition coefficient (Wildman–Crippen LogP) is 3.31. The van der Waals surface area contributed by atoms with Gasteiger partial charge in [-0.2, -0.15) is 14.9 Å². The van der Waals surface area contributed by atoms with E-state index in [0.717, 1.165) is 17.8 Å². The molecule has 0 aliphatic heterocycles. The van der Waals surface area contributed by atoms with Gasteiger partial charge in [0.2, 0.25) is 4.77 Å². The summed E-state index contributed by atoms with van der Waals surface area (Å²) < 4.78 is 2.20. The van der Waals surface area contributed by atoms with Crippen molar-refractivity contribution in [3.05, 3.63) is 45.0 Å². The second-order valence-corrected chi connectivity index (χ2v) is 5.05. The van der Waals surface area contributed by atoms with Crippen molar-refractivity contribution in [2.75, 3.05) is 0 Å². The minimum atomic E-state index is 0.524. The van der Waals surface area contributed by atoms with E-state index in [4.69, 9.17) is 12.2 Å². The van der Waals surface area contributed by atoms with Crippen molar-refractivity contribution in [1.82, 2.24) is 14.9 Å². The molecule has 4 nitrogen and oxygen atoms in total. The number of nitrogens with zero attached hydrogens (tertiary/aromatic N) is 3. The van der Waals surface area contributed by atoms with E-state index in [-0.39, 0.29) is 0 Å². The Hall–Kier alpha value is -1.75. The van der Waals surface area contributed by atoms with Gasteiger partial charge in [0.05, 0.1) is 6.21 Å². The van der Waals surface area contributed by atoms with Gasteiger partial charge < -0.3 is 0 Å². The Labute approximate surface area is 118 Å². The average Bonchev–Trinajstić information content (AvgIpc) is 2.69. The first-order valence-electron chi connectivity index (χ1n) is 6.31. The number of hydrogen-bond donors (Lipinski definition) is 1. The Morgan fingerprint density at radius 3 is 2.53 bits per heavy atom. The topological polar surface area (TPSA) is 46.0 Å². The Morgan fingerprint density at radius 2 is 1.95 bits per heavy atom. The zero-order valence-corrected chi connectivity index (χ0v) is 12.5. The van der Waals surface area contributed by atoms with Gasteiger partial charge in [0, 0.05) is 12.0 Å². The number of hydrogen-bond acceptors (Lipinski definition) is 3. The van der Waals surface area contributed by atoms with E-state index < -0.39 is 0 Å². The Balaban J connectivity index is 2.44. The van der Waals surface area contributed by atoms with E-state index in [1.54, 1.807) is 4.68 Å². The molecule has 0 atom stereocenters. The molecular formula is C14H18N4S. The molecular weight excluding hydrogens is 256 g/mol. The molecule has 0 saturated carbocycles. The number of benzene rings is 1. The fourth-order valence-electron chi connectivity index (χ4n) is 2.18. The number of H-pyrrole nitrogens is 1. The maximum Gasteiger partial charge on any atom is 0.216 e. The number of nitrogens with one attached hydrogen (secondary N) is 1. The standard InChI is InChI=1S/C14H18N4S/c1-5-13-16-17-14(19)18(13)15-8-12-10(3)6-9(2)7-11(12)4/h6-8H,5H2,1-4H3,(H,17,19)/b15-8+. The van der Waals surface area contributed by atoms with Crippen LogP contribution in [-0.2, 0) is 6.42 Å². The molecule has 0 aliphatic carbocycles. The van der Waals surface area contributed by atoms with Crippen molar-refractivity contribution < 1.29 is 0 Å². The highest BCUT2D eigenvalue weighted by atomic mass is 32.1. The van der Waals surface area contributed by atoms with Crippen LogP contribution in [0, 0.1) is 25.5 Å². The summed E-state index contributed by atoms with van der Waals surface area (Å²) in [5.74, 6) is 0.837. The van der Waals surface area contributed by atoms with Crippen molar-refractivity contribution in [2.24, 2.45) is 5.10 Å². The Kier molecular flexibility index (Phi) is 3.95. The third kappa shape index (κ3) is 2.81. The monoisotopic (exact) mass is 274 g/mol. The first-order chi connectivity index (χ1) is 9.02. The first-order valence-corrected chi connectivity index (χ1v) is 6.72. The van der Waals surface area contributed by atoms with Crippen LogP contribution in [0.2, 0.25) is 0 Å². The summed E-state index contributed by atoms with van der Waals surface area (Å²) in [7, 11) is 0. The van der Waals surface area contributed by atoms with Crippen molar-refractivity contribution in [3.63, 3.8) is 0 Å². The van der Waals surface area contributed by atoms with Crippen LogP contribution in [0.15, 0.2) is 17.2 Å². The van der Waals surface area contributed by atoms with E-state index in [2.05, 4.69) is 48.2 Å². The van der Waals surface area contributed by atoms with Gasteiger partial charge in [-0.05, 0) is 44.1 Å². The smallest absolute Gasteiger partial charge is 0.216 e.